The van der Waals surface area contributed by atoms with E-state index in [0.717, 1.165) is 15.7 Å². The van der Waals surface area contributed by atoms with Crippen molar-refractivity contribution in [3.05, 3.63) is 32.2 Å². The number of rotatable bonds is 0. The van der Waals surface area contributed by atoms with Crippen molar-refractivity contribution in [1.29, 1.82) is 0 Å². The van der Waals surface area contributed by atoms with Crippen LogP contribution >= 0.6 is 23.1 Å². The average molecular weight is 192 g/mol. The van der Waals surface area contributed by atoms with Crippen molar-refractivity contribution in [3.8, 4) is 0 Å². The molecule has 2 heterocycles. The Balaban J connectivity index is 2.56. The summed E-state index contributed by atoms with van der Waals surface area (Å²) >= 11 is 2.94. The standard InChI is InChI=1S/C9H4OS2/c10-9-7-6(4-12-9)3-5-1-2-11-8(5)7/h1-4H. The molecule has 0 saturated carbocycles. The Kier molecular flexibility index (Phi) is 1.18. The molecule has 0 bridgehead atoms. The van der Waals surface area contributed by atoms with Gasteiger partial charge in [-0.25, -0.2) is 0 Å². The number of hydrogen-bond donors (Lipinski definition) is 0. The molecular weight excluding hydrogens is 188 g/mol. The summed E-state index contributed by atoms with van der Waals surface area (Å²) in [6, 6.07) is 2.06. The Morgan fingerprint density at radius 3 is 3.17 bits per heavy atom. The number of thioether (sulfide) groups is 1. The van der Waals surface area contributed by atoms with Crippen molar-refractivity contribution >= 4 is 39.9 Å². The van der Waals surface area contributed by atoms with Gasteiger partial charge in [-0.2, -0.15) is 0 Å². The molecule has 0 radical (unpaired) electrons. The van der Waals surface area contributed by atoms with Crippen LogP contribution in [0.4, 0.5) is 0 Å². The topological polar surface area (TPSA) is 17.1 Å². The van der Waals surface area contributed by atoms with Gasteiger partial charge in [0.15, 0.2) is 0 Å². The fraction of sp³-hybridized carbons (Fsp3) is 0. The van der Waals surface area contributed by atoms with E-state index in [1.165, 1.54) is 17.0 Å². The van der Waals surface area contributed by atoms with E-state index < -0.39 is 0 Å². The van der Waals surface area contributed by atoms with Gasteiger partial charge in [-0.05, 0) is 33.7 Å². The first kappa shape index (κ1) is 6.69. The summed E-state index contributed by atoms with van der Waals surface area (Å²) < 4.78 is 1.15. The van der Waals surface area contributed by atoms with E-state index in [9.17, 15) is 4.79 Å². The van der Waals surface area contributed by atoms with Gasteiger partial charge in [-0.15, -0.1) is 11.3 Å². The zero-order valence-corrected chi connectivity index (χ0v) is 7.67. The van der Waals surface area contributed by atoms with E-state index >= 15 is 0 Å². The van der Waals surface area contributed by atoms with Crippen molar-refractivity contribution in [2.24, 2.45) is 0 Å². The molecule has 0 aromatic carbocycles. The Labute approximate surface area is 77.1 Å². The first-order valence-corrected chi connectivity index (χ1v) is 5.33. The number of thiophene rings is 1. The van der Waals surface area contributed by atoms with E-state index in [0.29, 0.717) is 0 Å². The van der Waals surface area contributed by atoms with Crippen LogP contribution in [0.15, 0.2) is 22.4 Å². The first-order chi connectivity index (χ1) is 5.86. The number of carbonyl (C=O) groups excluding carboxylic acids is 1. The maximum absolute atomic E-state index is 11.4. The first-order valence-electron chi connectivity index (χ1n) is 3.57. The second-order valence-electron chi connectivity index (χ2n) is 2.70. The molecule has 0 saturated heterocycles. The lowest BCUT2D eigenvalue weighted by Crippen LogP contribution is -2.16. The minimum absolute atomic E-state index is 0.197. The van der Waals surface area contributed by atoms with Crippen LogP contribution in [0.5, 0.6) is 0 Å². The normalized spacial score (nSPS) is 18.8. The molecule has 1 aliphatic heterocycles. The van der Waals surface area contributed by atoms with Crippen LogP contribution in [-0.2, 0) is 4.79 Å². The van der Waals surface area contributed by atoms with Gasteiger partial charge in [0.25, 0.3) is 0 Å². The average Bonchev–Trinajstić information content (AvgIpc) is 2.61. The highest BCUT2D eigenvalue weighted by Crippen LogP contribution is 2.32. The minimum atomic E-state index is 0.197. The highest BCUT2D eigenvalue weighted by Gasteiger charge is 2.24. The van der Waals surface area contributed by atoms with Crippen LogP contribution in [0.25, 0.3) is 11.6 Å². The summed E-state index contributed by atoms with van der Waals surface area (Å²) in [6.07, 6.45) is 2.08. The minimum Gasteiger partial charge on any atom is -0.281 e. The van der Waals surface area contributed by atoms with Crippen LogP contribution in [0.2, 0.25) is 0 Å². The fourth-order valence-corrected chi connectivity index (χ4v) is 3.25. The Bertz CT molecular complexity index is 519. The molecule has 3 rings (SSSR count). The van der Waals surface area contributed by atoms with E-state index in [1.807, 2.05) is 10.8 Å². The van der Waals surface area contributed by atoms with Gasteiger partial charge in [0.1, 0.15) is 0 Å². The van der Waals surface area contributed by atoms with Crippen molar-refractivity contribution < 1.29 is 4.79 Å². The van der Waals surface area contributed by atoms with Crippen LogP contribution in [0, 0.1) is 0 Å². The van der Waals surface area contributed by atoms with Gasteiger partial charge in [-0.1, -0.05) is 11.8 Å². The van der Waals surface area contributed by atoms with E-state index in [1.54, 1.807) is 11.3 Å². The van der Waals surface area contributed by atoms with Crippen molar-refractivity contribution in [1.82, 2.24) is 0 Å². The fourth-order valence-electron chi connectivity index (χ4n) is 1.49. The zero-order chi connectivity index (χ0) is 8.13. The van der Waals surface area contributed by atoms with E-state index in [-0.39, 0.29) is 5.12 Å². The molecule has 1 aromatic rings. The van der Waals surface area contributed by atoms with Crippen LogP contribution in [0.1, 0.15) is 0 Å². The van der Waals surface area contributed by atoms with Crippen molar-refractivity contribution in [2.45, 2.75) is 0 Å². The number of hydrogen-bond acceptors (Lipinski definition) is 3. The molecule has 1 aliphatic carbocycles. The highest BCUT2D eigenvalue weighted by atomic mass is 32.2. The maximum atomic E-state index is 11.4. The summed E-state index contributed by atoms with van der Waals surface area (Å²) in [5.41, 5.74) is 2.02. The molecule has 0 spiro atoms. The second kappa shape index (κ2) is 2.12. The van der Waals surface area contributed by atoms with Gasteiger partial charge in [0, 0.05) is 4.53 Å². The molecule has 1 nitrogen and oxygen atoms in total. The monoisotopic (exact) mass is 192 g/mol. The Morgan fingerprint density at radius 2 is 2.25 bits per heavy atom. The third-order valence-electron chi connectivity index (χ3n) is 2.02. The predicted molar refractivity (Wildman–Crippen MR) is 52.1 cm³/mol. The predicted octanol–water partition coefficient (Wildman–Crippen LogP) is 0.850. The summed E-state index contributed by atoms with van der Waals surface area (Å²) in [6.45, 7) is 0. The summed E-state index contributed by atoms with van der Waals surface area (Å²) in [4.78, 5) is 11.4. The van der Waals surface area contributed by atoms with Crippen LogP contribution < -0.4 is 9.75 Å². The lowest BCUT2D eigenvalue weighted by Gasteiger charge is -1.87. The van der Waals surface area contributed by atoms with Gasteiger partial charge in [0.05, 0.1) is 5.57 Å². The van der Waals surface area contributed by atoms with Crippen molar-refractivity contribution in [3.63, 3.8) is 0 Å². The van der Waals surface area contributed by atoms with Crippen LogP contribution in [0.3, 0.4) is 0 Å². The Morgan fingerprint density at radius 1 is 1.33 bits per heavy atom. The third-order valence-corrected chi connectivity index (χ3v) is 3.76. The SMILES string of the molecule is O=C1SC=C2C=c3ccsc3=C12. The maximum Gasteiger partial charge on any atom is 0.225 e. The summed E-state index contributed by atoms with van der Waals surface area (Å²) in [5, 5.41) is 5.36. The van der Waals surface area contributed by atoms with Gasteiger partial charge >= 0.3 is 0 Å². The number of carbonyl (C=O) groups is 1. The molecule has 1 aromatic heterocycles. The number of allylic oxidation sites excluding steroid dienone is 1. The van der Waals surface area contributed by atoms with E-state index in [4.69, 9.17) is 0 Å². The highest BCUT2D eigenvalue weighted by molar-refractivity contribution is 8.17. The molecule has 0 amide bonds. The summed E-state index contributed by atoms with van der Waals surface area (Å²) in [5.74, 6) is 0. The largest absolute Gasteiger partial charge is 0.281 e. The molecular formula is C9H4OS2. The molecule has 12 heavy (non-hydrogen) atoms. The zero-order valence-electron chi connectivity index (χ0n) is 6.03. The smallest absolute Gasteiger partial charge is 0.225 e. The lowest BCUT2D eigenvalue weighted by molar-refractivity contribution is -0.106. The third kappa shape index (κ3) is 0.678. The molecule has 0 unspecified atom stereocenters. The second-order valence-corrected chi connectivity index (χ2v) is 4.46. The summed E-state index contributed by atoms with van der Waals surface area (Å²) in [7, 11) is 0. The molecule has 0 atom stereocenters. The molecule has 58 valence electrons. The molecule has 0 N–H and O–H groups in total. The molecule has 3 heteroatoms. The van der Waals surface area contributed by atoms with Crippen LogP contribution in [-0.4, -0.2) is 5.12 Å². The lowest BCUT2D eigenvalue weighted by atomic mass is 10.2. The Hall–Kier alpha value is -0.800. The van der Waals surface area contributed by atoms with Gasteiger partial charge in [0.2, 0.25) is 5.12 Å². The van der Waals surface area contributed by atoms with Gasteiger partial charge < -0.3 is 0 Å². The molecule has 0 fully saturated rings. The van der Waals surface area contributed by atoms with Gasteiger partial charge in [-0.3, -0.25) is 4.79 Å². The van der Waals surface area contributed by atoms with E-state index in [2.05, 4.69) is 12.1 Å². The van der Waals surface area contributed by atoms with Crippen molar-refractivity contribution in [2.75, 3.05) is 0 Å². The number of fused-ring (bicyclic) bond motifs is 2. The quantitative estimate of drug-likeness (QED) is 0.606. The molecule has 2 aliphatic rings.